The highest BCUT2D eigenvalue weighted by Gasteiger charge is 2.69. The van der Waals surface area contributed by atoms with Crippen molar-refractivity contribution in [1.82, 2.24) is 0 Å². The largest absolute Gasteiger partial charge is 0.457 e. The number of hydrogen-bond donors (Lipinski definition) is 1. The molecule has 0 radical (unpaired) electrons. The summed E-state index contributed by atoms with van der Waals surface area (Å²) in [6, 6.07) is 0. The zero-order valence-corrected chi connectivity index (χ0v) is 15.2. The second kappa shape index (κ2) is 5.28. The Labute approximate surface area is 153 Å². The Balaban J connectivity index is 1.58. The Morgan fingerprint density at radius 3 is 2.77 bits per heavy atom. The number of carbonyl (C=O) groups excluding carboxylic acids is 3. The van der Waals surface area contributed by atoms with Gasteiger partial charge in [-0.05, 0) is 67.8 Å². The summed E-state index contributed by atoms with van der Waals surface area (Å²) < 4.78 is 5.28. The third-order valence-electron chi connectivity index (χ3n) is 8.55. The van der Waals surface area contributed by atoms with Crippen LogP contribution in [0, 0.1) is 34.5 Å². The summed E-state index contributed by atoms with van der Waals surface area (Å²) in [5.74, 6) is 0.0964. The summed E-state index contributed by atoms with van der Waals surface area (Å²) in [6.07, 6.45) is 6.19. The van der Waals surface area contributed by atoms with Gasteiger partial charge in [0.1, 0.15) is 6.61 Å². The van der Waals surface area contributed by atoms with Crippen LogP contribution in [0.25, 0.3) is 0 Å². The predicted octanol–water partition coefficient (Wildman–Crippen LogP) is 2.21. The van der Waals surface area contributed by atoms with Crippen LogP contribution in [0.15, 0.2) is 11.6 Å². The molecule has 1 spiro atoms. The summed E-state index contributed by atoms with van der Waals surface area (Å²) >= 11 is 0. The zero-order chi connectivity index (χ0) is 18.3. The molecule has 7 atom stereocenters. The van der Waals surface area contributed by atoms with Gasteiger partial charge in [0, 0.05) is 12.3 Å². The minimum absolute atomic E-state index is 0.0311. The molecule has 1 aliphatic heterocycles. The predicted molar refractivity (Wildman–Crippen MR) is 91.9 cm³/mol. The third-order valence-corrected chi connectivity index (χ3v) is 8.55. The summed E-state index contributed by atoms with van der Waals surface area (Å²) in [4.78, 5) is 37.2. The molecule has 5 rings (SSSR count). The molecule has 0 aromatic rings. The molecule has 1 N–H and O–H groups in total. The van der Waals surface area contributed by atoms with E-state index in [1.165, 1.54) is 5.57 Å². The molecule has 0 unspecified atom stereocenters. The van der Waals surface area contributed by atoms with Crippen molar-refractivity contribution in [2.75, 3.05) is 6.61 Å². The van der Waals surface area contributed by atoms with Gasteiger partial charge < -0.3 is 9.84 Å². The first-order valence-electron chi connectivity index (χ1n) is 10.00. The molecule has 26 heavy (non-hydrogen) atoms. The fourth-order valence-corrected chi connectivity index (χ4v) is 7.53. The van der Waals surface area contributed by atoms with Crippen molar-refractivity contribution in [3.05, 3.63) is 11.6 Å². The Morgan fingerprint density at radius 1 is 1.15 bits per heavy atom. The minimum atomic E-state index is -0.808. The fraction of sp³-hybridized carbons (Fsp3) is 0.762. The highest BCUT2D eigenvalue weighted by atomic mass is 16.5. The molecule has 1 saturated heterocycles. The number of allylic oxidation sites excluding steroid dienone is 1. The number of esters is 1. The van der Waals surface area contributed by atoms with E-state index in [1.54, 1.807) is 0 Å². The van der Waals surface area contributed by atoms with Crippen molar-refractivity contribution in [1.29, 1.82) is 0 Å². The topological polar surface area (TPSA) is 80.7 Å². The molecule has 0 bridgehead atoms. The number of Topliss-reactive ketones (excluding diaryl/α,β-unsaturated/α-hetero) is 1. The molecular weight excluding hydrogens is 332 g/mol. The Morgan fingerprint density at radius 2 is 1.96 bits per heavy atom. The second-order valence-electron chi connectivity index (χ2n) is 9.37. The van der Waals surface area contributed by atoms with Crippen molar-refractivity contribution < 1.29 is 24.2 Å². The minimum Gasteiger partial charge on any atom is -0.457 e. The van der Waals surface area contributed by atoms with Crippen molar-refractivity contribution in [3.8, 4) is 0 Å². The summed E-state index contributed by atoms with van der Waals surface area (Å²) in [5.41, 5.74) is 0.207. The molecule has 4 fully saturated rings. The molecule has 5 aliphatic rings. The third kappa shape index (κ3) is 1.88. The normalized spacial score (nSPS) is 50.2. The quantitative estimate of drug-likeness (QED) is 0.672. The Hall–Kier alpha value is -1.49. The van der Waals surface area contributed by atoms with Crippen molar-refractivity contribution in [3.63, 3.8) is 0 Å². The monoisotopic (exact) mass is 358 g/mol. The molecule has 0 aromatic heterocycles. The molecular formula is C21H26O5. The first-order chi connectivity index (χ1) is 12.4. The molecule has 4 aliphatic carbocycles. The van der Waals surface area contributed by atoms with Gasteiger partial charge in [0.2, 0.25) is 0 Å². The number of hydrogen-bond acceptors (Lipinski definition) is 5. The van der Waals surface area contributed by atoms with Gasteiger partial charge in [-0.15, -0.1) is 0 Å². The lowest BCUT2D eigenvalue weighted by molar-refractivity contribution is -0.195. The van der Waals surface area contributed by atoms with E-state index in [2.05, 4.69) is 6.92 Å². The van der Waals surface area contributed by atoms with Crippen molar-refractivity contribution in [2.24, 2.45) is 34.5 Å². The number of aliphatic hydroxyl groups is 1. The van der Waals surface area contributed by atoms with Crippen LogP contribution in [-0.2, 0) is 19.1 Å². The van der Waals surface area contributed by atoms with E-state index in [0.717, 1.165) is 32.1 Å². The zero-order valence-electron chi connectivity index (χ0n) is 15.2. The Bertz CT molecular complexity index is 739. The number of rotatable bonds is 0. The number of aliphatic hydroxyl groups excluding tert-OH is 1. The van der Waals surface area contributed by atoms with Crippen LogP contribution in [0.3, 0.4) is 0 Å². The second-order valence-corrected chi connectivity index (χ2v) is 9.37. The van der Waals surface area contributed by atoms with E-state index in [1.807, 2.05) is 6.08 Å². The van der Waals surface area contributed by atoms with E-state index < -0.39 is 11.5 Å². The van der Waals surface area contributed by atoms with Crippen LogP contribution in [-0.4, -0.2) is 35.4 Å². The van der Waals surface area contributed by atoms with Crippen LogP contribution in [0.2, 0.25) is 0 Å². The van der Waals surface area contributed by atoms with Crippen molar-refractivity contribution >= 4 is 17.5 Å². The lowest BCUT2D eigenvalue weighted by Crippen LogP contribution is -2.62. The smallest absolute Gasteiger partial charge is 0.313 e. The lowest BCUT2D eigenvalue weighted by atomic mass is 9.45. The van der Waals surface area contributed by atoms with E-state index in [-0.39, 0.29) is 53.2 Å². The van der Waals surface area contributed by atoms with E-state index in [4.69, 9.17) is 4.74 Å². The standard InChI is InChI=1S/C21H26O5/c1-20-7-6-12(22)8-11(20)2-3-13-14-4-5-15-17(24)10-26-19(25)21(14,15)9-16(23)18(13)20/h8,13-16,18,23H,2-7,9-10H2,1H3/t13-,14-,15+,16-,18+,20-,21+/m0/s1. The molecule has 3 saturated carbocycles. The average Bonchev–Trinajstić information content (AvgIpc) is 3.00. The highest BCUT2D eigenvalue weighted by molar-refractivity contribution is 5.96. The van der Waals surface area contributed by atoms with Gasteiger partial charge in [-0.25, -0.2) is 0 Å². The fourth-order valence-electron chi connectivity index (χ4n) is 7.53. The van der Waals surface area contributed by atoms with Crippen molar-refractivity contribution in [2.45, 2.75) is 58.0 Å². The van der Waals surface area contributed by atoms with Gasteiger partial charge >= 0.3 is 5.97 Å². The van der Waals surface area contributed by atoms with Gasteiger partial charge in [-0.3, -0.25) is 14.4 Å². The molecule has 5 heteroatoms. The summed E-state index contributed by atoms with van der Waals surface area (Å²) in [5, 5.41) is 11.2. The maximum Gasteiger partial charge on any atom is 0.313 e. The molecule has 5 nitrogen and oxygen atoms in total. The number of ether oxygens (including phenoxy) is 1. The van der Waals surface area contributed by atoms with Crippen LogP contribution in [0.5, 0.6) is 0 Å². The van der Waals surface area contributed by atoms with Gasteiger partial charge in [-0.1, -0.05) is 12.5 Å². The molecule has 0 amide bonds. The SMILES string of the molecule is C[C@]12CCC(=O)C=C1CC[C@@H]1[C@@H]2[C@@H](O)C[C@]23C(=O)OCC(=O)[C@H]2CC[C@@H]13. The molecule has 1 heterocycles. The van der Waals surface area contributed by atoms with Gasteiger partial charge in [-0.2, -0.15) is 0 Å². The summed E-state index contributed by atoms with van der Waals surface area (Å²) in [7, 11) is 0. The maximum absolute atomic E-state index is 12.9. The van der Waals surface area contributed by atoms with Gasteiger partial charge in [0.25, 0.3) is 0 Å². The lowest BCUT2D eigenvalue weighted by Gasteiger charge is -2.59. The summed E-state index contributed by atoms with van der Waals surface area (Å²) in [6.45, 7) is 2.09. The van der Waals surface area contributed by atoms with E-state index in [9.17, 15) is 19.5 Å². The molecule has 0 aromatic carbocycles. The Kier molecular flexibility index (Phi) is 3.38. The maximum atomic E-state index is 12.9. The van der Waals surface area contributed by atoms with Gasteiger partial charge in [0.15, 0.2) is 11.6 Å². The van der Waals surface area contributed by atoms with E-state index in [0.29, 0.717) is 12.8 Å². The number of ketones is 2. The van der Waals surface area contributed by atoms with Crippen LogP contribution in [0.1, 0.15) is 51.9 Å². The van der Waals surface area contributed by atoms with E-state index >= 15 is 0 Å². The first-order valence-corrected chi connectivity index (χ1v) is 10.00. The highest BCUT2D eigenvalue weighted by Crippen LogP contribution is 2.67. The first kappa shape index (κ1) is 16.7. The number of fused-ring (bicyclic) bond motifs is 4. The van der Waals surface area contributed by atoms with Crippen LogP contribution < -0.4 is 0 Å². The number of carbonyl (C=O) groups is 3. The average molecular weight is 358 g/mol. The molecule has 140 valence electrons. The van der Waals surface area contributed by atoms with Gasteiger partial charge in [0.05, 0.1) is 11.5 Å². The van der Waals surface area contributed by atoms with Crippen LogP contribution in [0.4, 0.5) is 0 Å². The van der Waals surface area contributed by atoms with Crippen LogP contribution >= 0.6 is 0 Å². The number of cyclic esters (lactones) is 1.